The first-order valence-corrected chi connectivity index (χ1v) is 13.3. The van der Waals surface area contributed by atoms with E-state index in [0.29, 0.717) is 30.1 Å². The Balaban J connectivity index is 1.41. The van der Waals surface area contributed by atoms with Gasteiger partial charge in [0.05, 0.1) is 11.0 Å². The van der Waals surface area contributed by atoms with Crippen LogP contribution in [0.25, 0.3) is 11.0 Å². The van der Waals surface area contributed by atoms with Gasteiger partial charge in [0.2, 0.25) is 0 Å². The molecule has 0 spiro atoms. The molecule has 3 N–H and O–H groups in total. The molecule has 2 fully saturated rings. The lowest BCUT2D eigenvalue weighted by atomic mass is 9.93. The van der Waals surface area contributed by atoms with Crippen molar-refractivity contribution in [2.75, 3.05) is 19.6 Å². The number of fused-ring (bicyclic) bond motifs is 1. The molecular formula is C27H42N6O. The zero-order chi connectivity index (χ0) is 24.1. The Labute approximate surface area is 203 Å². The number of benzene rings is 1. The Morgan fingerprint density at radius 3 is 2.56 bits per heavy atom. The Kier molecular flexibility index (Phi) is 8.24. The van der Waals surface area contributed by atoms with Gasteiger partial charge in [-0.1, -0.05) is 25.0 Å². The summed E-state index contributed by atoms with van der Waals surface area (Å²) in [5.74, 6) is 0.433. The highest BCUT2D eigenvalue weighted by atomic mass is 16.1. The van der Waals surface area contributed by atoms with Gasteiger partial charge in [0, 0.05) is 31.7 Å². The number of likely N-dealkylation sites (tertiary alicyclic amines) is 2. The second-order valence-corrected chi connectivity index (χ2v) is 10.5. The van der Waals surface area contributed by atoms with Crippen LogP contribution < -0.4 is 11.3 Å². The molecule has 2 aromatic rings. The molecule has 0 amide bonds. The second kappa shape index (κ2) is 11.3. The molecule has 1 aromatic heterocycles. The fraction of sp³-hybridized carbons (Fsp3) is 0.667. The highest BCUT2D eigenvalue weighted by molar-refractivity contribution is 5.75. The van der Waals surface area contributed by atoms with Gasteiger partial charge in [-0.05, 0) is 83.4 Å². The van der Waals surface area contributed by atoms with Gasteiger partial charge < -0.3 is 15.2 Å². The van der Waals surface area contributed by atoms with E-state index in [1.54, 1.807) is 0 Å². The lowest BCUT2D eigenvalue weighted by molar-refractivity contribution is 0.101. The van der Waals surface area contributed by atoms with Crippen molar-refractivity contribution >= 4 is 17.0 Å². The Morgan fingerprint density at radius 1 is 1.06 bits per heavy atom. The van der Waals surface area contributed by atoms with Crippen LogP contribution in [0.2, 0.25) is 0 Å². The van der Waals surface area contributed by atoms with E-state index in [1.165, 1.54) is 25.7 Å². The van der Waals surface area contributed by atoms with E-state index >= 15 is 0 Å². The molecule has 34 heavy (non-hydrogen) atoms. The van der Waals surface area contributed by atoms with E-state index in [-0.39, 0.29) is 11.5 Å². The van der Waals surface area contributed by atoms with Crippen molar-refractivity contribution in [2.24, 2.45) is 11.7 Å². The number of rotatable bonds is 8. The molecular weight excluding hydrogens is 424 g/mol. The minimum absolute atomic E-state index is 0.0527. The first kappa shape index (κ1) is 24.7. The molecule has 4 rings (SSSR count). The third-order valence-electron chi connectivity index (χ3n) is 7.94. The number of guanidine groups is 1. The van der Waals surface area contributed by atoms with E-state index in [2.05, 4.69) is 18.7 Å². The van der Waals surface area contributed by atoms with Gasteiger partial charge in [-0.25, -0.2) is 4.98 Å². The first-order valence-electron chi connectivity index (χ1n) is 13.3. The third-order valence-corrected chi connectivity index (χ3v) is 7.94. The number of para-hydroxylation sites is 2. The van der Waals surface area contributed by atoms with E-state index < -0.39 is 0 Å². The number of nitrogens with two attached hydrogens (primary N) is 1. The Hall–Kier alpha value is -2.41. The highest BCUT2D eigenvalue weighted by Gasteiger charge is 2.25. The summed E-state index contributed by atoms with van der Waals surface area (Å²) in [5.41, 5.74) is 8.26. The second-order valence-electron chi connectivity index (χ2n) is 10.5. The maximum absolute atomic E-state index is 13.5. The summed E-state index contributed by atoms with van der Waals surface area (Å²) in [7, 11) is 0. The largest absolute Gasteiger partial charge is 0.370 e. The highest BCUT2D eigenvalue weighted by Crippen LogP contribution is 2.23. The van der Waals surface area contributed by atoms with Gasteiger partial charge in [0.1, 0.15) is 5.69 Å². The molecule has 7 heteroatoms. The van der Waals surface area contributed by atoms with Gasteiger partial charge in [-0.2, -0.15) is 0 Å². The van der Waals surface area contributed by atoms with Crippen molar-refractivity contribution in [1.29, 1.82) is 5.41 Å². The fourth-order valence-corrected chi connectivity index (χ4v) is 5.98. The van der Waals surface area contributed by atoms with Crippen LogP contribution in [-0.2, 0) is 13.0 Å². The number of hydrogen-bond acceptors (Lipinski definition) is 4. The van der Waals surface area contributed by atoms with Crippen molar-refractivity contribution < 1.29 is 0 Å². The summed E-state index contributed by atoms with van der Waals surface area (Å²) in [4.78, 5) is 22.8. The van der Waals surface area contributed by atoms with Crippen LogP contribution in [0.3, 0.4) is 0 Å². The molecule has 0 saturated carbocycles. The molecule has 2 saturated heterocycles. The predicted octanol–water partition coefficient (Wildman–Crippen LogP) is 3.98. The minimum Gasteiger partial charge on any atom is -0.370 e. The van der Waals surface area contributed by atoms with Crippen molar-refractivity contribution in [3.8, 4) is 0 Å². The molecule has 186 valence electrons. The van der Waals surface area contributed by atoms with Crippen LogP contribution in [0.1, 0.15) is 70.9 Å². The van der Waals surface area contributed by atoms with Crippen LogP contribution in [0.5, 0.6) is 0 Å². The third kappa shape index (κ3) is 5.80. The zero-order valence-electron chi connectivity index (χ0n) is 21.0. The van der Waals surface area contributed by atoms with Crippen LogP contribution in [-0.4, -0.2) is 57.0 Å². The van der Waals surface area contributed by atoms with Crippen LogP contribution >= 0.6 is 0 Å². The quantitative estimate of drug-likeness (QED) is 0.349. The van der Waals surface area contributed by atoms with Gasteiger partial charge >= 0.3 is 0 Å². The molecule has 3 atom stereocenters. The monoisotopic (exact) mass is 466 g/mol. The van der Waals surface area contributed by atoms with E-state index in [9.17, 15) is 4.79 Å². The number of nitrogens with one attached hydrogen (secondary N) is 1. The summed E-state index contributed by atoms with van der Waals surface area (Å²) in [5, 5.41) is 7.76. The lowest BCUT2D eigenvalue weighted by Crippen LogP contribution is -2.44. The number of nitrogens with zero attached hydrogens (tertiary/aromatic N) is 4. The summed E-state index contributed by atoms with van der Waals surface area (Å²) in [6.07, 6.45) is 10.0. The predicted molar refractivity (Wildman–Crippen MR) is 139 cm³/mol. The summed E-state index contributed by atoms with van der Waals surface area (Å²) >= 11 is 0. The molecule has 1 unspecified atom stereocenters. The van der Waals surface area contributed by atoms with Crippen molar-refractivity contribution in [1.82, 2.24) is 19.4 Å². The average Bonchev–Trinajstić information content (AvgIpc) is 2.82. The van der Waals surface area contributed by atoms with Gasteiger partial charge in [0.15, 0.2) is 5.96 Å². The maximum atomic E-state index is 13.5. The topological polar surface area (TPSA) is 91.2 Å². The molecule has 0 radical (unpaired) electrons. The SMILES string of the molecule is C[C@@H]1CCC[C@H](C)N1CCCCCn1c(=O)c(CC2CCCN(C(=N)N)C2)nc2ccccc21. The van der Waals surface area contributed by atoms with Gasteiger partial charge in [0.25, 0.3) is 5.56 Å². The normalized spacial score (nSPS) is 23.9. The van der Waals surface area contributed by atoms with Crippen LogP contribution in [0.15, 0.2) is 29.1 Å². The van der Waals surface area contributed by atoms with Crippen LogP contribution in [0, 0.1) is 11.3 Å². The van der Waals surface area contributed by atoms with E-state index in [0.717, 1.165) is 62.9 Å². The van der Waals surface area contributed by atoms with Crippen molar-refractivity contribution in [3.05, 3.63) is 40.3 Å². The molecule has 3 heterocycles. The van der Waals surface area contributed by atoms with E-state index in [1.807, 2.05) is 33.7 Å². The Morgan fingerprint density at radius 2 is 1.79 bits per heavy atom. The molecule has 0 aliphatic carbocycles. The molecule has 0 bridgehead atoms. The fourth-order valence-electron chi connectivity index (χ4n) is 5.98. The standard InChI is InChI=1S/C27H42N6O/c1-20-10-8-11-21(2)32(20)16-6-3-7-17-33-25-14-5-4-13-23(25)30-24(26(33)34)18-22-12-9-15-31(19-22)27(28)29/h4-5,13-14,20-22H,3,6-12,15-19H2,1-2H3,(H3,28,29)/t20-,21+,22?. The van der Waals surface area contributed by atoms with E-state index in [4.69, 9.17) is 16.1 Å². The van der Waals surface area contributed by atoms with Crippen LogP contribution in [0.4, 0.5) is 0 Å². The lowest BCUT2D eigenvalue weighted by Gasteiger charge is -2.39. The number of aromatic nitrogens is 2. The maximum Gasteiger partial charge on any atom is 0.272 e. The summed E-state index contributed by atoms with van der Waals surface area (Å²) < 4.78 is 1.95. The summed E-state index contributed by atoms with van der Waals surface area (Å²) in [6, 6.07) is 9.39. The first-order chi connectivity index (χ1) is 16.4. The molecule has 2 aliphatic rings. The Bertz CT molecular complexity index is 1020. The number of unbranched alkanes of at least 4 members (excludes halogenated alkanes) is 2. The zero-order valence-corrected chi connectivity index (χ0v) is 21.0. The van der Waals surface area contributed by atoms with Gasteiger partial charge in [-0.15, -0.1) is 0 Å². The molecule has 1 aromatic carbocycles. The van der Waals surface area contributed by atoms with Gasteiger partial charge in [-0.3, -0.25) is 15.1 Å². The average molecular weight is 467 g/mol. The number of piperidine rings is 2. The molecule has 7 nitrogen and oxygen atoms in total. The number of hydrogen-bond donors (Lipinski definition) is 2. The number of aryl methyl sites for hydroxylation is 1. The minimum atomic E-state index is 0.0527. The molecule has 2 aliphatic heterocycles. The summed E-state index contributed by atoms with van der Waals surface area (Å²) in [6.45, 7) is 8.19. The van der Waals surface area contributed by atoms with Crippen molar-refractivity contribution in [2.45, 2.75) is 90.3 Å². The van der Waals surface area contributed by atoms with Crippen molar-refractivity contribution in [3.63, 3.8) is 0 Å². The smallest absolute Gasteiger partial charge is 0.272 e.